The van der Waals surface area contributed by atoms with Gasteiger partial charge >= 0.3 is 0 Å². The van der Waals surface area contributed by atoms with Crippen molar-refractivity contribution in [1.82, 2.24) is 10.2 Å². The van der Waals surface area contributed by atoms with E-state index in [2.05, 4.69) is 5.32 Å². The Labute approximate surface area is 133 Å². The van der Waals surface area contributed by atoms with E-state index in [4.69, 9.17) is 5.14 Å². The van der Waals surface area contributed by atoms with E-state index in [0.29, 0.717) is 24.6 Å². The lowest BCUT2D eigenvalue weighted by molar-refractivity contribution is -0.132. The fourth-order valence-corrected chi connectivity index (χ4v) is 3.38. The zero-order valence-corrected chi connectivity index (χ0v) is 13.5. The first kappa shape index (κ1) is 16.8. The normalized spacial score (nSPS) is 15.1. The van der Waals surface area contributed by atoms with E-state index in [0.717, 1.165) is 5.56 Å². The summed E-state index contributed by atoms with van der Waals surface area (Å²) < 4.78 is 22.3. The Hall–Kier alpha value is -1.58. The maximum atomic E-state index is 11.7. The van der Waals surface area contributed by atoms with Gasteiger partial charge in [0.1, 0.15) is 6.54 Å². The second kappa shape index (κ2) is 7.12. The lowest BCUT2D eigenvalue weighted by Gasteiger charge is -2.14. The summed E-state index contributed by atoms with van der Waals surface area (Å²) in [7, 11) is -3.68. The Morgan fingerprint density at radius 1 is 1.32 bits per heavy atom. The van der Waals surface area contributed by atoms with Gasteiger partial charge in [-0.05, 0) is 24.1 Å². The average Bonchev–Trinajstić information content (AvgIpc) is 2.84. The molecule has 0 unspecified atom stereocenters. The molecule has 1 aromatic carbocycles. The summed E-state index contributed by atoms with van der Waals surface area (Å²) >= 11 is 1.49. The van der Waals surface area contributed by atoms with E-state index in [1.807, 2.05) is 0 Å². The van der Waals surface area contributed by atoms with Gasteiger partial charge in [0.15, 0.2) is 0 Å². The molecule has 1 aliphatic heterocycles. The molecule has 0 aromatic heterocycles. The van der Waals surface area contributed by atoms with Crippen molar-refractivity contribution >= 4 is 33.6 Å². The van der Waals surface area contributed by atoms with Crippen LogP contribution in [-0.2, 0) is 26.0 Å². The standard InChI is InChI=1S/C13H17N3O4S2/c14-22(19,20)11-3-1-10(2-4-11)5-6-15-12(17)7-16-9-21-8-13(16)18/h1-4H,5-9H2,(H,15,17)(H2,14,19,20). The molecule has 1 aliphatic rings. The molecule has 1 heterocycles. The van der Waals surface area contributed by atoms with Gasteiger partial charge in [0, 0.05) is 6.54 Å². The Bertz CT molecular complexity index is 658. The van der Waals surface area contributed by atoms with Gasteiger partial charge in [-0.1, -0.05) is 12.1 Å². The Balaban J connectivity index is 1.76. The molecule has 1 saturated heterocycles. The molecule has 0 aliphatic carbocycles. The molecule has 1 fully saturated rings. The Morgan fingerprint density at radius 3 is 2.55 bits per heavy atom. The van der Waals surface area contributed by atoms with E-state index < -0.39 is 10.0 Å². The number of sulfonamides is 1. The van der Waals surface area contributed by atoms with Crippen LogP contribution in [0.4, 0.5) is 0 Å². The van der Waals surface area contributed by atoms with Crippen molar-refractivity contribution in [2.45, 2.75) is 11.3 Å². The van der Waals surface area contributed by atoms with Crippen molar-refractivity contribution in [3.05, 3.63) is 29.8 Å². The number of nitrogens with two attached hydrogens (primary N) is 1. The van der Waals surface area contributed by atoms with Crippen LogP contribution in [-0.4, -0.2) is 49.9 Å². The monoisotopic (exact) mass is 343 g/mol. The maximum Gasteiger partial charge on any atom is 0.239 e. The molecule has 0 saturated carbocycles. The van der Waals surface area contributed by atoms with Crippen LogP contribution < -0.4 is 10.5 Å². The van der Waals surface area contributed by atoms with Gasteiger partial charge in [0.05, 0.1) is 16.5 Å². The minimum atomic E-state index is -3.68. The molecule has 0 bridgehead atoms. The maximum absolute atomic E-state index is 11.7. The molecule has 2 rings (SSSR count). The van der Waals surface area contributed by atoms with Crippen molar-refractivity contribution in [2.75, 3.05) is 24.7 Å². The molecule has 7 nitrogen and oxygen atoms in total. The minimum Gasteiger partial charge on any atom is -0.354 e. The molecule has 0 atom stereocenters. The van der Waals surface area contributed by atoms with Crippen molar-refractivity contribution in [3.8, 4) is 0 Å². The Kier molecular flexibility index (Phi) is 5.43. The topological polar surface area (TPSA) is 110 Å². The second-order valence-corrected chi connectivity index (χ2v) is 7.37. The first-order valence-electron chi connectivity index (χ1n) is 6.60. The number of nitrogens with one attached hydrogen (secondary N) is 1. The number of benzene rings is 1. The van der Waals surface area contributed by atoms with Gasteiger partial charge in [-0.15, -0.1) is 11.8 Å². The van der Waals surface area contributed by atoms with Crippen LogP contribution in [0.1, 0.15) is 5.56 Å². The average molecular weight is 343 g/mol. The van der Waals surface area contributed by atoms with E-state index in [-0.39, 0.29) is 23.3 Å². The van der Waals surface area contributed by atoms with E-state index in [1.165, 1.54) is 28.8 Å². The zero-order valence-electron chi connectivity index (χ0n) is 11.8. The molecular weight excluding hydrogens is 326 g/mol. The third-order valence-electron chi connectivity index (χ3n) is 3.15. The van der Waals surface area contributed by atoms with E-state index >= 15 is 0 Å². The number of primary sulfonamides is 1. The molecule has 1 aromatic rings. The van der Waals surface area contributed by atoms with Crippen molar-refractivity contribution in [3.63, 3.8) is 0 Å². The third-order valence-corrected chi connectivity index (χ3v) is 5.02. The number of hydrogen-bond donors (Lipinski definition) is 2. The van der Waals surface area contributed by atoms with Gasteiger partial charge in [0.25, 0.3) is 0 Å². The second-order valence-electron chi connectivity index (χ2n) is 4.86. The van der Waals surface area contributed by atoms with Crippen molar-refractivity contribution in [2.24, 2.45) is 5.14 Å². The SMILES string of the molecule is NS(=O)(=O)c1ccc(CCNC(=O)CN2CSCC2=O)cc1. The van der Waals surface area contributed by atoms with Crippen LogP contribution in [0.5, 0.6) is 0 Å². The molecule has 22 heavy (non-hydrogen) atoms. The fourth-order valence-electron chi connectivity index (χ4n) is 1.96. The van der Waals surface area contributed by atoms with Gasteiger partial charge in [-0.2, -0.15) is 0 Å². The molecular formula is C13H17N3O4S2. The third kappa shape index (κ3) is 4.72. The van der Waals surface area contributed by atoms with E-state index in [9.17, 15) is 18.0 Å². The molecule has 0 spiro atoms. The molecule has 3 N–H and O–H groups in total. The molecule has 9 heteroatoms. The number of rotatable bonds is 6. The highest BCUT2D eigenvalue weighted by atomic mass is 32.2. The summed E-state index contributed by atoms with van der Waals surface area (Å²) in [5.41, 5.74) is 0.889. The highest BCUT2D eigenvalue weighted by Crippen LogP contribution is 2.14. The minimum absolute atomic E-state index is 0.0151. The summed E-state index contributed by atoms with van der Waals surface area (Å²) in [4.78, 5) is 24.7. The van der Waals surface area contributed by atoms with Crippen LogP contribution in [0.25, 0.3) is 0 Å². The summed E-state index contributed by atoms with van der Waals surface area (Å²) in [5, 5.41) is 7.76. The van der Waals surface area contributed by atoms with Crippen LogP contribution in [0.15, 0.2) is 29.2 Å². The van der Waals surface area contributed by atoms with Gasteiger partial charge in [0.2, 0.25) is 21.8 Å². The predicted octanol–water partition coefficient (Wildman–Crippen LogP) is -0.474. The predicted molar refractivity (Wildman–Crippen MR) is 83.6 cm³/mol. The number of nitrogens with zero attached hydrogens (tertiary/aromatic N) is 1. The van der Waals surface area contributed by atoms with Gasteiger partial charge in [-0.3, -0.25) is 9.59 Å². The number of thioether (sulfide) groups is 1. The number of hydrogen-bond acceptors (Lipinski definition) is 5. The molecule has 120 valence electrons. The molecule has 0 radical (unpaired) electrons. The molecule has 2 amide bonds. The lowest BCUT2D eigenvalue weighted by Crippen LogP contribution is -2.38. The number of amides is 2. The van der Waals surface area contributed by atoms with Crippen molar-refractivity contribution < 1.29 is 18.0 Å². The summed E-state index contributed by atoms with van der Waals surface area (Å²) in [5.74, 6) is 0.779. The van der Waals surface area contributed by atoms with Gasteiger partial charge in [-0.25, -0.2) is 13.6 Å². The largest absolute Gasteiger partial charge is 0.354 e. The Morgan fingerprint density at radius 2 is 2.00 bits per heavy atom. The van der Waals surface area contributed by atoms with E-state index in [1.54, 1.807) is 12.1 Å². The van der Waals surface area contributed by atoms with Gasteiger partial charge < -0.3 is 10.2 Å². The fraction of sp³-hybridized carbons (Fsp3) is 0.385. The first-order valence-corrected chi connectivity index (χ1v) is 9.30. The number of carbonyl (C=O) groups excluding carboxylic acids is 2. The van der Waals surface area contributed by atoms with Crippen LogP contribution >= 0.6 is 11.8 Å². The lowest BCUT2D eigenvalue weighted by atomic mass is 10.1. The highest BCUT2D eigenvalue weighted by molar-refractivity contribution is 8.00. The highest BCUT2D eigenvalue weighted by Gasteiger charge is 2.22. The summed E-state index contributed by atoms with van der Waals surface area (Å²) in [6.07, 6.45) is 0.569. The quantitative estimate of drug-likeness (QED) is 0.725. The smallest absolute Gasteiger partial charge is 0.239 e. The van der Waals surface area contributed by atoms with Crippen LogP contribution in [0.2, 0.25) is 0 Å². The summed E-state index contributed by atoms with van der Waals surface area (Å²) in [6.45, 7) is 0.499. The van der Waals surface area contributed by atoms with Crippen LogP contribution in [0, 0.1) is 0 Å². The van der Waals surface area contributed by atoms with Crippen molar-refractivity contribution in [1.29, 1.82) is 0 Å². The van der Waals surface area contributed by atoms with Crippen LogP contribution in [0.3, 0.4) is 0 Å². The first-order chi connectivity index (χ1) is 10.4. The zero-order chi connectivity index (χ0) is 16.2. The summed E-state index contributed by atoms with van der Waals surface area (Å²) in [6, 6.07) is 6.19. The number of carbonyl (C=O) groups is 2.